The fourth-order valence-corrected chi connectivity index (χ4v) is 4.53. The van der Waals surface area contributed by atoms with Gasteiger partial charge in [-0.3, -0.25) is 9.19 Å². The minimum absolute atomic E-state index is 0.530. The van der Waals surface area contributed by atoms with Crippen molar-refractivity contribution in [3.63, 3.8) is 0 Å². The van der Waals surface area contributed by atoms with Crippen LogP contribution in [0.15, 0.2) is 30.3 Å². The van der Waals surface area contributed by atoms with Gasteiger partial charge in [-0.1, -0.05) is 32.0 Å². The molecule has 0 N–H and O–H groups in total. The van der Waals surface area contributed by atoms with Crippen molar-refractivity contribution in [1.29, 1.82) is 0 Å². The lowest BCUT2D eigenvalue weighted by atomic mass is 10.3. The molecule has 0 saturated carbocycles. The first-order valence-electron chi connectivity index (χ1n) is 6.05. The number of rotatable bonds is 4. The molecular formula is C12H19N2O2P. The minimum Gasteiger partial charge on any atom is -0.300 e. The van der Waals surface area contributed by atoms with Gasteiger partial charge in [0.2, 0.25) is 0 Å². The van der Waals surface area contributed by atoms with Gasteiger partial charge in [-0.25, -0.2) is 9.24 Å². The second-order valence-corrected chi connectivity index (χ2v) is 6.21. The van der Waals surface area contributed by atoms with Crippen LogP contribution in [0, 0.1) is 0 Å². The molecule has 1 aromatic rings. The molecule has 0 amide bonds. The molecule has 0 bridgehead atoms. The normalized spacial score (nSPS) is 24.5. The summed E-state index contributed by atoms with van der Waals surface area (Å²) in [6.07, 6.45) is 0. The second kappa shape index (κ2) is 5.21. The Kier molecular flexibility index (Phi) is 3.87. The van der Waals surface area contributed by atoms with Crippen LogP contribution in [-0.2, 0) is 9.09 Å². The Labute approximate surface area is 103 Å². The van der Waals surface area contributed by atoms with Gasteiger partial charge in [0.05, 0.1) is 13.2 Å². The van der Waals surface area contributed by atoms with Crippen LogP contribution in [0.4, 0.5) is 5.69 Å². The third-order valence-corrected chi connectivity index (χ3v) is 5.85. The van der Waals surface area contributed by atoms with E-state index in [0.717, 1.165) is 18.8 Å². The van der Waals surface area contributed by atoms with Gasteiger partial charge in [0.1, 0.15) is 0 Å². The summed E-state index contributed by atoms with van der Waals surface area (Å²) in [5, 5.41) is 0. The van der Waals surface area contributed by atoms with E-state index in [1.54, 1.807) is 0 Å². The predicted octanol–water partition coefficient (Wildman–Crippen LogP) is 2.97. The van der Waals surface area contributed by atoms with Crippen LogP contribution in [-0.4, -0.2) is 30.9 Å². The van der Waals surface area contributed by atoms with Gasteiger partial charge >= 0.3 is 7.67 Å². The average molecular weight is 254 g/mol. The van der Waals surface area contributed by atoms with Crippen molar-refractivity contribution in [3.05, 3.63) is 30.3 Å². The third kappa shape index (κ3) is 2.25. The van der Waals surface area contributed by atoms with Gasteiger partial charge in [-0.2, -0.15) is 0 Å². The molecule has 1 fully saturated rings. The monoisotopic (exact) mass is 254 g/mol. The van der Waals surface area contributed by atoms with Crippen molar-refractivity contribution >= 4 is 13.4 Å². The molecule has 4 nitrogen and oxygen atoms in total. The number of para-hydroxylation sites is 1. The Morgan fingerprint density at radius 2 is 1.94 bits per heavy atom. The molecule has 1 aliphatic rings. The molecule has 0 radical (unpaired) electrons. The zero-order valence-corrected chi connectivity index (χ0v) is 11.3. The predicted molar refractivity (Wildman–Crippen MR) is 70.3 cm³/mol. The Balaban J connectivity index is 2.32. The van der Waals surface area contributed by atoms with Gasteiger partial charge in [0.15, 0.2) is 0 Å². The van der Waals surface area contributed by atoms with Crippen LogP contribution < -0.4 is 4.67 Å². The quantitative estimate of drug-likeness (QED) is 0.773. The zero-order valence-electron chi connectivity index (χ0n) is 10.4. The van der Waals surface area contributed by atoms with Crippen LogP contribution in [0.2, 0.25) is 0 Å². The summed E-state index contributed by atoms with van der Waals surface area (Å²) < 4.78 is 22.3. The van der Waals surface area contributed by atoms with Crippen LogP contribution in [0.1, 0.15) is 13.8 Å². The molecule has 1 heterocycles. The number of nitrogens with zero attached hydrogens (tertiary/aromatic N) is 2. The smallest absolute Gasteiger partial charge is 0.300 e. The van der Waals surface area contributed by atoms with Gasteiger partial charge in [-0.15, -0.1) is 0 Å². The van der Waals surface area contributed by atoms with Crippen molar-refractivity contribution in [2.45, 2.75) is 13.8 Å². The van der Waals surface area contributed by atoms with Crippen LogP contribution in [0.3, 0.4) is 0 Å². The number of hydrogen-bond donors (Lipinski definition) is 0. The fourth-order valence-electron chi connectivity index (χ4n) is 2.13. The SMILES string of the molecule is CCN(CC)P1(=O)OCCN1c1ccccc1. The summed E-state index contributed by atoms with van der Waals surface area (Å²) in [5.41, 5.74) is 0.972. The summed E-state index contributed by atoms with van der Waals surface area (Å²) in [6.45, 7) is 6.71. The lowest BCUT2D eigenvalue weighted by Gasteiger charge is -2.32. The molecule has 1 saturated heterocycles. The van der Waals surface area contributed by atoms with E-state index in [4.69, 9.17) is 4.52 Å². The van der Waals surface area contributed by atoms with E-state index in [2.05, 4.69) is 0 Å². The molecule has 0 aromatic heterocycles. The van der Waals surface area contributed by atoms with Gasteiger partial charge < -0.3 is 0 Å². The highest BCUT2D eigenvalue weighted by Gasteiger charge is 2.41. The maximum absolute atomic E-state index is 12.9. The van der Waals surface area contributed by atoms with E-state index in [1.807, 2.05) is 53.5 Å². The Morgan fingerprint density at radius 3 is 2.53 bits per heavy atom. The Bertz CT molecular complexity index is 406. The maximum Gasteiger partial charge on any atom is 0.371 e. The van der Waals surface area contributed by atoms with Crippen molar-refractivity contribution in [1.82, 2.24) is 4.67 Å². The van der Waals surface area contributed by atoms with Crippen molar-refractivity contribution in [2.75, 3.05) is 30.9 Å². The summed E-state index contributed by atoms with van der Waals surface area (Å²) in [5.74, 6) is 0. The van der Waals surface area contributed by atoms with E-state index in [0.29, 0.717) is 13.2 Å². The zero-order chi connectivity index (χ0) is 12.3. The third-order valence-electron chi connectivity index (χ3n) is 3.01. The van der Waals surface area contributed by atoms with Crippen molar-refractivity contribution < 1.29 is 9.09 Å². The highest BCUT2D eigenvalue weighted by atomic mass is 31.2. The molecule has 94 valence electrons. The van der Waals surface area contributed by atoms with E-state index in [-0.39, 0.29) is 0 Å². The first-order valence-corrected chi connectivity index (χ1v) is 7.58. The molecule has 17 heavy (non-hydrogen) atoms. The topological polar surface area (TPSA) is 32.8 Å². The number of hydrogen-bond acceptors (Lipinski definition) is 2. The lowest BCUT2D eigenvalue weighted by molar-refractivity contribution is 0.302. The van der Waals surface area contributed by atoms with E-state index >= 15 is 0 Å². The molecule has 1 unspecified atom stereocenters. The fraction of sp³-hybridized carbons (Fsp3) is 0.500. The summed E-state index contributed by atoms with van der Waals surface area (Å²) in [4.78, 5) is 0. The number of anilines is 1. The first-order chi connectivity index (χ1) is 8.22. The number of benzene rings is 1. The van der Waals surface area contributed by atoms with Gasteiger partial charge in [0.25, 0.3) is 0 Å². The van der Waals surface area contributed by atoms with Crippen LogP contribution >= 0.6 is 7.67 Å². The standard InChI is InChI=1S/C12H19N2O2P/c1-3-13(4-2)17(15)14(10-11-16-17)12-8-6-5-7-9-12/h5-9H,3-4,10-11H2,1-2H3. The van der Waals surface area contributed by atoms with E-state index in [1.165, 1.54) is 0 Å². The van der Waals surface area contributed by atoms with Gasteiger partial charge in [-0.05, 0) is 12.1 Å². The van der Waals surface area contributed by atoms with Crippen LogP contribution in [0.5, 0.6) is 0 Å². The molecule has 1 aromatic carbocycles. The molecule has 2 rings (SSSR count). The molecule has 0 spiro atoms. The van der Waals surface area contributed by atoms with E-state index in [9.17, 15) is 4.57 Å². The largest absolute Gasteiger partial charge is 0.371 e. The molecule has 0 aliphatic carbocycles. The molecule has 1 aliphatic heterocycles. The minimum atomic E-state index is -2.85. The van der Waals surface area contributed by atoms with E-state index < -0.39 is 7.67 Å². The highest BCUT2D eigenvalue weighted by molar-refractivity contribution is 7.58. The maximum atomic E-state index is 12.9. The molecule has 1 atom stereocenters. The summed E-state index contributed by atoms with van der Waals surface area (Å²) in [7, 11) is -2.85. The van der Waals surface area contributed by atoms with Crippen molar-refractivity contribution in [3.8, 4) is 0 Å². The first kappa shape index (κ1) is 12.6. The molecule has 5 heteroatoms. The Hall–Kier alpha value is -0.830. The summed E-state index contributed by atoms with van der Waals surface area (Å²) >= 11 is 0. The average Bonchev–Trinajstić information content (AvgIpc) is 2.75. The lowest BCUT2D eigenvalue weighted by Crippen LogP contribution is -2.28. The summed E-state index contributed by atoms with van der Waals surface area (Å²) in [6, 6.07) is 9.83. The Morgan fingerprint density at radius 1 is 1.29 bits per heavy atom. The van der Waals surface area contributed by atoms with Crippen molar-refractivity contribution in [2.24, 2.45) is 0 Å². The highest BCUT2D eigenvalue weighted by Crippen LogP contribution is 2.58. The van der Waals surface area contributed by atoms with Crippen LogP contribution in [0.25, 0.3) is 0 Å². The molecular weight excluding hydrogens is 235 g/mol. The second-order valence-electron chi connectivity index (χ2n) is 3.92. The van der Waals surface area contributed by atoms with Gasteiger partial charge in [0, 0.05) is 18.8 Å².